The van der Waals surface area contributed by atoms with Gasteiger partial charge in [0.1, 0.15) is 18.5 Å². The van der Waals surface area contributed by atoms with E-state index < -0.39 is 6.10 Å². The van der Waals surface area contributed by atoms with Crippen molar-refractivity contribution in [2.75, 3.05) is 27.2 Å². The van der Waals surface area contributed by atoms with E-state index in [4.69, 9.17) is 4.74 Å². The van der Waals surface area contributed by atoms with Crippen molar-refractivity contribution in [1.82, 2.24) is 4.90 Å². The minimum atomic E-state index is -0.586. The quantitative estimate of drug-likeness (QED) is 0.793. The van der Waals surface area contributed by atoms with Crippen LogP contribution in [0.3, 0.4) is 0 Å². The predicted molar refractivity (Wildman–Crippen MR) is 97.5 cm³/mol. The Labute approximate surface area is 142 Å². The van der Waals surface area contributed by atoms with Crippen molar-refractivity contribution in [3.05, 3.63) is 65.7 Å². The van der Waals surface area contributed by atoms with Gasteiger partial charge in [-0.3, -0.25) is 0 Å². The van der Waals surface area contributed by atoms with Gasteiger partial charge in [-0.1, -0.05) is 48.5 Å². The molecule has 3 heteroatoms. The van der Waals surface area contributed by atoms with Crippen LogP contribution < -0.4 is 4.74 Å². The molecule has 0 aliphatic heterocycles. The van der Waals surface area contributed by atoms with Gasteiger partial charge < -0.3 is 14.7 Å². The van der Waals surface area contributed by atoms with Crippen molar-refractivity contribution < 1.29 is 9.84 Å². The molecule has 1 unspecified atom stereocenters. The molecule has 122 valence electrons. The van der Waals surface area contributed by atoms with Crippen molar-refractivity contribution in [2.45, 2.75) is 6.10 Å². The van der Waals surface area contributed by atoms with Crippen molar-refractivity contribution in [1.29, 1.82) is 0 Å². The van der Waals surface area contributed by atoms with Gasteiger partial charge in [-0.05, 0) is 47.8 Å². The number of nitrogens with zero attached hydrogens (tertiary/aromatic N) is 1. The fraction of sp³-hybridized carbons (Fsp3) is 0.238. The highest BCUT2D eigenvalue weighted by Gasteiger charge is 2.29. The molecule has 0 aromatic heterocycles. The summed E-state index contributed by atoms with van der Waals surface area (Å²) in [6, 6.07) is 18.4. The fourth-order valence-electron chi connectivity index (χ4n) is 3.47. The van der Waals surface area contributed by atoms with Gasteiger partial charge in [0.2, 0.25) is 0 Å². The van der Waals surface area contributed by atoms with E-state index in [-0.39, 0.29) is 0 Å². The highest BCUT2D eigenvalue weighted by Crippen LogP contribution is 2.49. The molecule has 1 aliphatic carbocycles. The third-order valence-corrected chi connectivity index (χ3v) is 4.65. The number of likely N-dealkylation sites (N-methyl/N-ethyl adjacent to an activating group) is 1. The van der Waals surface area contributed by atoms with Crippen LogP contribution in [0.5, 0.6) is 5.75 Å². The maximum absolute atomic E-state index is 10.8. The summed E-state index contributed by atoms with van der Waals surface area (Å²) in [6.45, 7) is 1.48. The first kappa shape index (κ1) is 15.2. The van der Waals surface area contributed by atoms with Gasteiger partial charge >= 0.3 is 0 Å². The maximum atomic E-state index is 10.8. The average Bonchev–Trinajstić information content (AvgIpc) is 2.88. The lowest BCUT2D eigenvalue weighted by Crippen LogP contribution is -2.19. The van der Waals surface area contributed by atoms with E-state index >= 15 is 0 Å². The number of ether oxygens (including phenoxy) is 1. The summed E-state index contributed by atoms with van der Waals surface area (Å²) >= 11 is 0. The first-order valence-electron chi connectivity index (χ1n) is 8.27. The van der Waals surface area contributed by atoms with Gasteiger partial charge in [-0.2, -0.15) is 0 Å². The third kappa shape index (κ3) is 2.37. The number of aliphatic hydroxyl groups excluding tert-OH is 1. The molecule has 0 radical (unpaired) electrons. The summed E-state index contributed by atoms with van der Waals surface area (Å²) in [5, 5.41) is 13.0. The van der Waals surface area contributed by atoms with Crippen LogP contribution in [0.4, 0.5) is 0 Å². The topological polar surface area (TPSA) is 32.7 Å². The number of aliphatic hydroxyl groups is 1. The molecule has 1 atom stereocenters. The number of benzene rings is 3. The Morgan fingerprint density at radius 3 is 2.46 bits per heavy atom. The molecule has 4 rings (SSSR count). The van der Waals surface area contributed by atoms with Gasteiger partial charge in [-0.15, -0.1) is 0 Å². The molecule has 3 nitrogen and oxygen atoms in total. The van der Waals surface area contributed by atoms with Crippen LogP contribution in [-0.2, 0) is 0 Å². The van der Waals surface area contributed by atoms with Crippen LogP contribution in [-0.4, -0.2) is 37.3 Å². The largest absolute Gasteiger partial charge is 0.492 e. The van der Waals surface area contributed by atoms with Crippen LogP contribution in [0.25, 0.3) is 21.9 Å². The molecule has 0 bridgehead atoms. The van der Waals surface area contributed by atoms with E-state index in [1.807, 2.05) is 50.5 Å². The molecular formula is C21H21NO2. The summed E-state index contributed by atoms with van der Waals surface area (Å²) in [4.78, 5) is 2.10. The van der Waals surface area contributed by atoms with Gasteiger partial charge in [0.15, 0.2) is 0 Å². The first-order valence-corrected chi connectivity index (χ1v) is 8.27. The second-order valence-corrected chi connectivity index (χ2v) is 6.53. The van der Waals surface area contributed by atoms with E-state index in [1.165, 1.54) is 0 Å². The van der Waals surface area contributed by atoms with Crippen molar-refractivity contribution in [3.8, 4) is 16.9 Å². The zero-order valence-electron chi connectivity index (χ0n) is 14.0. The zero-order valence-corrected chi connectivity index (χ0v) is 14.0. The Morgan fingerprint density at radius 2 is 1.67 bits per heavy atom. The van der Waals surface area contributed by atoms with E-state index in [9.17, 15) is 5.11 Å². The van der Waals surface area contributed by atoms with Gasteiger partial charge in [-0.25, -0.2) is 0 Å². The highest BCUT2D eigenvalue weighted by molar-refractivity contribution is 6.04. The maximum Gasteiger partial charge on any atom is 0.127 e. The number of hydrogen-bond donors (Lipinski definition) is 1. The van der Waals surface area contributed by atoms with Gasteiger partial charge in [0.25, 0.3) is 0 Å². The second kappa shape index (κ2) is 5.93. The Bertz CT molecular complexity index is 901. The Hall–Kier alpha value is -2.36. The lowest BCUT2D eigenvalue weighted by Gasteiger charge is -2.16. The molecule has 0 fully saturated rings. The van der Waals surface area contributed by atoms with E-state index in [0.29, 0.717) is 6.61 Å². The molecular weight excluding hydrogens is 298 g/mol. The van der Waals surface area contributed by atoms with Crippen LogP contribution >= 0.6 is 0 Å². The van der Waals surface area contributed by atoms with E-state index in [1.54, 1.807) is 0 Å². The zero-order chi connectivity index (χ0) is 16.7. The smallest absolute Gasteiger partial charge is 0.127 e. The summed E-state index contributed by atoms with van der Waals surface area (Å²) < 4.78 is 6.05. The molecule has 3 aromatic carbocycles. The van der Waals surface area contributed by atoms with Crippen LogP contribution in [0, 0.1) is 0 Å². The van der Waals surface area contributed by atoms with Crippen molar-refractivity contribution in [2.24, 2.45) is 0 Å². The monoisotopic (exact) mass is 319 g/mol. The molecule has 1 N–H and O–H groups in total. The molecule has 0 heterocycles. The van der Waals surface area contributed by atoms with Crippen molar-refractivity contribution >= 4 is 10.8 Å². The lowest BCUT2D eigenvalue weighted by molar-refractivity contribution is 0.223. The van der Waals surface area contributed by atoms with Gasteiger partial charge in [0.05, 0.1) is 0 Å². The Morgan fingerprint density at radius 1 is 0.958 bits per heavy atom. The van der Waals surface area contributed by atoms with E-state index in [0.717, 1.165) is 45.3 Å². The number of fused-ring (bicyclic) bond motifs is 5. The van der Waals surface area contributed by atoms with Crippen LogP contribution in [0.1, 0.15) is 17.2 Å². The molecule has 0 saturated carbocycles. The second-order valence-electron chi connectivity index (χ2n) is 6.53. The summed E-state index contributed by atoms with van der Waals surface area (Å²) in [6.07, 6.45) is -0.586. The highest BCUT2D eigenvalue weighted by atomic mass is 16.5. The molecule has 0 spiro atoms. The lowest BCUT2D eigenvalue weighted by atomic mass is 9.97. The third-order valence-electron chi connectivity index (χ3n) is 4.65. The Kier molecular flexibility index (Phi) is 3.75. The number of rotatable bonds is 4. The predicted octanol–water partition coefficient (Wildman–Crippen LogP) is 3.84. The SMILES string of the molecule is CN(C)CCOc1cc2c(c3ccccc13)-c1ccccc1C2O. The summed E-state index contributed by atoms with van der Waals surface area (Å²) in [5.74, 6) is 0.845. The molecule has 0 amide bonds. The summed E-state index contributed by atoms with van der Waals surface area (Å²) in [7, 11) is 4.06. The van der Waals surface area contributed by atoms with Crippen LogP contribution in [0.2, 0.25) is 0 Å². The van der Waals surface area contributed by atoms with E-state index in [2.05, 4.69) is 23.1 Å². The molecule has 3 aromatic rings. The summed E-state index contributed by atoms with van der Waals surface area (Å²) in [5.41, 5.74) is 4.17. The van der Waals surface area contributed by atoms with Gasteiger partial charge in [0, 0.05) is 11.9 Å². The standard InChI is InChI=1S/C21H21NO2/c1-22(2)11-12-24-19-13-18-20(15-8-4-3-7-14(15)19)16-9-5-6-10-17(16)21(18)23/h3-10,13,21,23H,11-12H2,1-2H3. The minimum Gasteiger partial charge on any atom is -0.492 e. The average molecular weight is 319 g/mol. The normalized spacial score (nSPS) is 15.6. The fourth-order valence-corrected chi connectivity index (χ4v) is 3.47. The molecule has 1 aliphatic rings. The first-order chi connectivity index (χ1) is 11.7. The van der Waals surface area contributed by atoms with Crippen LogP contribution in [0.15, 0.2) is 54.6 Å². The molecule has 24 heavy (non-hydrogen) atoms. The van der Waals surface area contributed by atoms with Crippen molar-refractivity contribution in [3.63, 3.8) is 0 Å². The number of hydrogen-bond acceptors (Lipinski definition) is 3. The minimum absolute atomic E-state index is 0.586. The molecule has 0 saturated heterocycles. The Balaban J connectivity index is 1.88.